The van der Waals surface area contributed by atoms with Gasteiger partial charge in [0.05, 0.1) is 6.42 Å². The summed E-state index contributed by atoms with van der Waals surface area (Å²) in [4.78, 5) is 12.3. The van der Waals surface area contributed by atoms with E-state index in [1.807, 2.05) is 0 Å². The number of rotatable bonds is 4. The highest BCUT2D eigenvalue weighted by Gasteiger charge is 2.28. The van der Waals surface area contributed by atoms with Crippen LogP contribution in [0.2, 0.25) is 0 Å². The molecule has 0 bridgehead atoms. The summed E-state index contributed by atoms with van der Waals surface area (Å²) in [6, 6.07) is 7.01. The van der Waals surface area contributed by atoms with E-state index in [2.05, 4.69) is 10.6 Å². The van der Waals surface area contributed by atoms with Crippen LogP contribution in [0.15, 0.2) is 36.4 Å². The van der Waals surface area contributed by atoms with Crippen LogP contribution >= 0.6 is 0 Å². The zero-order valence-corrected chi connectivity index (χ0v) is 13.9. The average molecular weight is 366 g/mol. The fraction of sp³-hybridized carbons (Fsp3) is 0.316. The zero-order chi connectivity index (χ0) is 18.7. The third-order valence-electron chi connectivity index (χ3n) is 4.58. The summed E-state index contributed by atoms with van der Waals surface area (Å²) in [7, 11) is 0. The molecular formula is C19H18F4N2O. The molecule has 1 heterocycles. The summed E-state index contributed by atoms with van der Waals surface area (Å²) in [5.74, 6) is -4.57. The van der Waals surface area contributed by atoms with Crippen LogP contribution in [0.25, 0.3) is 0 Å². The quantitative estimate of drug-likeness (QED) is 0.817. The van der Waals surface area contributed by atoms with Crippen LogP contribution < -0.4 is 10.6 Å². The highest BCUT2D eigenvalue weighted by atomic mass is 19.2. The second-order valence-corrected chi connectivity index (χ2v) is 6.34. The zero-order valence-electron chi connectivity index (χ0n) is 13.9. The van der Waals surface area contributed by atoms with Crippen molar-refractivity contribution in [1.29, 1.82) is 0 Å². The summed E-state index contributed by atoms with van der Waals surface area (Å²) in [6.07, 6.45) is 0.328. The minimum atomic E-state index is -1.04. The molecule has 2 aromatic rings. The van der Waals surface area contributed by atoms with Crippen LogP contribution in [0.3, 0.4) is 0 Å². The van der Waals surface area contributed by atoms with Crippen LogP contribution in [-0.2, 0) is 11.2 Å². The molecule has 3 rings (SSSR count). The summed E-state index contributed by atoms with van der Waals surface area (Å²) >= 11 is 0. The molecule has 1 fully saturated rings. The van der Waals surface area contributed by atoms with Gasteiger partial charge in [-0.25, -0.2) is 17.6 Å². The fourth-order valence-corrected chi connectivity index (χ4v) is 3.27. The van der Waals surface area contributed by atoms with Gasteiger partial charge in [-0.15, -0.1) is 0 Å². The van der Waals surface area contributed by atoms with E-state index in [4.69, 9.17) is 0 Å². The average Bonchev–Trinajstić information content (AvgIpc) is 2.62. The van der Waals surface area contributed by atoms with Gasteiger partial charge < -0.3 is 10.6 Å². The van der Waals surface area contributed by atoms with E-state index in [-0.39, 0.29) is 23.9 Å². The Balaban J connectivity index is 1.72. The van der Waals surface area contributed by atoms with Crippen LogP contribution in [0, 0.1) is 23.3 Å². The molecule has 0 radical (unpaired) electrons. The molecule has 1 aliphatic rings. The molecule has 7 heteroatoms. The highest BCUT2D eigenvalue weighted by Crippen LogP contribution is 2.27. The van der Waals surface area contributed by atoms with E-state index in [1.54, 1.807) is 0 Å². The Morgan fingerprint density at radius 2 is 1.88 bits per heavy atom. The van der Waals surface area contributed by atoms with Gasteiger partial charge in [-0.3, -0.25) is 4.79 Å². The predicted octanol–water partition coefficient (Wildman–Crippen LogP) is 3.05. The molecule has 26 heavy (non-hydrogen) atoms. The van der Waals surface area contributed by atoms with Gasteiger partial charge in [-0.2, -0.15) is 0 Å². The fourth-order valence-electron chi connectivity index (χ4n) is 3.27. The van der Waals surface area contributed by atoms with Gasteiger partial charge in [0.2, 0.25) is 5.91 Å². The second kappa shape index (κ2) is 7.86. The Hall–Kier alpha value is -2.41. The van der Waals surface area contributed by atoms with E-state index < -0.39 is 29.2 Å². The molecular weight excluding hydrogens is 348 g/mol. The minimum Gasteiger partial charge on any atom is -0.351 e. The number of hydrogen-bond acceptors (Lipinski definition) is 2. The maximum atomic E-state index is 13.7. The molecule has 0 aromatic heterocycles. The van der Waals surface area contributed by atoms with Crippen molar-refractivity contribution in [3.8, 4) is 0 Å². The molecule has 2 N–H and O–H groups in total. The Labute approximate surface area is 148 Å². The number of halogens is 4. The molecule has 3 nitrogen and oxygen atoms in total. The first kappa shape index (κ1) is 18.4. The molecule has 2 unspecified atom stereocenters. The predicted molar refractivity (Wildman–Crippen MR) is 88.6 cm³/mol. The molecule has 1 aliphatic heterocycles. The molecule has 138 valence electrons. The second-order valence-electron chi connectivity index (χ2n) is 6.34. The van der Waals surface area contributed by atoms with Crippen LogP contribution in [0.4, 0.5) is 17.6 Å². The Kier molecular flexibility index (Phi) is 5.56. The van der Waals surface area contributed by atoms with Crippen LogP contribution in [0.1, 0.15) is 23.5 Å². The maximum Gasteiger partial charge on any atom is 0.224 e. The molecule has 1 amide bonds. The van der Waals surface area contributed by atoms with Crippen molar-refractivity contribution in [3.63, 3.8) is 0 Å². The summed E-state index contributed by atoms with van der Waals surface area (Å²) in [5.41, 5.74) is 0.559. The Morgan fingerprint density at radius 3 is 2.65 bits per heavy atom. The normalized spacial score (nSPS) is 20.0. The SMILES string of the molecule is O=C(Cc1cccc(F)c1F)NC1CNCCC1c1ccc(F)c(F)c1. The largest absolute Gasteiger partial charge is 0.351 e. The highest BCUT2D eigenvalue weighted by molar-refractivity contribution is 5.79. The topological polar surface area (TPSA) is 41.1 Å². The van der Waals surface area contributed by atoms with Crippen molar-refractivity contribution in [2.75, 3.05) is 13.1 Å². The van der Waals surface area contributed by atoms with Crippen molar-refractivity contribution in [1.82, 2.24) is 10.6 Å². The van der Waals surface area contributed by atoms with Crippen LogP contribution in [-0.4, -0.2) is 25.0 Å². The first-order valence-electron chi connectivity index (χ1n) is 8.33. The van der Waals surface area contributed by atoms with Gasteiger partial charge in [-0.05, 0) is 36.7 Å². The minimum absolute atomic E-state index is 0.0318. The Morgan fingerprint density at radius 1 is 1.08 bits per heavy atom. The monoisotopic (exact) mass is 366 g/mol. The lowest BCUT2D eigenvalue weighted by atomic mass is 9.86. The Bertz CT molecular complexity index is 812. The van der Waals surface area contributed by atoms with E-state index in [9.17, 15) is 22.4 Å². The van der Waals surface area contributed by atoms with E-state index in [0.717, 1.165) is 18.2 Å². The standard InChI is InChI=1S/C19H18F4N2O/c20-14-5-4-11(8-16(14)22)13-6-7-24-10-17(13)25-18(26)9-12-2-1-3-15(21)19(12)23/h1-5,8,13,17,24H,6-7,9-10H2,(H,25,26). The van der Waals surface area contributed by atoms with Gasteiger partial charge in [0.25, 0.3) is 0 Å². The van der Waals surface area contributed by atoms with Crippen molar-refractivity contribution in [2.45, 2.75) is 24.8 Å². The number of carbonyl (C=O) groups excluding carboxylic acids is 1. The van der Waals surface area contributed by atoms with E-state index >= 15 is 0 Å². The molecule has 2 aromatic carbocycles. The van der Waals surface area contributed by atoms with Gasteiger partial charge in [0.1, 0.15) is 0 Å². The van der Waals surface area contributed by atoms with Crippen molar-refractivity contribution in [3.05, 3.63) is 70.8 Å². The third kappa shape index (κ3) is 4.04. The van der Waals surface area contributed by atoms with Crippen LogP contribution in [0.5, 0.6) is 0 Å². The number of carbonyl (C=O) groups is 1. The van der Waals surface area contributed by atoms with Crippen molar-refractivity contribution < 1.29 is 22.4 Å². The smallest absolute Gasteiger partial charge is 0.224 e. The molecule has 0 spiro atoms. The van der Waals surface area contributed by atoms with Gasteiger partial charge in [0, 0.05) is 24.1 Å². The van der Waals surface area contributed by atoms with E-state index in [0.29, 0.717) is 25.1 Å². The van der Waals surface area contributed by atoms with E-state index in [1.165, 1.54) is 18.2 Å². The number of piperidine rings is 1. The lowest BCUT2D eigenvalue weighted by molar-refractivity contribution is -0.121. The number of benzene rings is 2. The van der Waals surface area contributed by atoms with Crippen molar-refractivity contribution >= 4 is 5.91 Å². The maximum absolute atomic E-state index is 13.7. The number of hydrogen-bond donors (Lipinski definition) is 2. The van der Waals surface area contributed by atoms with Gasteiger partial charge >= 0.3 is 0 Å². The molecule has 0 saturated carbocycles. The molecule has 2 atom stereocenters. The van der Waals surface area contributed by atoms with Gasteiger partial charge in [-0.1, -0.05) is 18.2 Å². The molecule has 1 saturated heterocycles. The van der Waals surface area contributed by atoms with Gasteiger partial charge in [0.15, 0.2) is 23.3 Å². The van der Waals surface area contributed by atoms with Crippen molar-refractivity contribution in [2.24, 2.45) is 0 Å². The summed E-state index contributed by atoms with van der Waals surface area (Å²) in [6.45, 7) is 1.12. The lowest BCUT2D eigenvalue weighted by Crippen LogP contribution is -2.50. The first-order valence-corrected chi connectivity index (χ1v) is 8.33. The summed E-state index contributed by atoms with van der Waals surface area (Å²) < 4.78 is 53.7. The first-order chi connectivity index (χ1) is 12.5. The third-order valence-corrected chi connectivity index (χ3v) is 4.58. The molecule has 0 aliphatic carbocycles. The number of nitrogens with one attached hydrogen (secondary N) is 2. The number of amides is 1. The lowest BCUT2D eigenvalue weighted by Gasteiger charge is -2.33. The summed E-state index contributed by atoms with van der Waals surface area (Å²) in [5, 5.41) is 5.92.